The van der Waals surface area contributed by atoms with Gasteiger partial charge in [-0.1, -0.05) is 6.07 Å². The highest BCUT2D eigenvalue weighted by molar-refractivity contribution is 6.03. The van der Waals surface area contributed by atoms with E-state index in [1.165, 1.54) is 0 Å². The van der Waals surface area contributed by atoms with E-state index in [1.54, 1.807) is 0 Å². The summed E-state index contributed by atoms with van der Waals surface area (Å²) in [5.41, 5.74) is 2.97. The minimum atomic E-state index is 0.103. The summed E-state index contributed by atoms with van der Waals surface area (Å²) in [6.45, 7) is 4.17. The first-order valence-electron chi connectivity index (χ1n) is 3.96. The van der Waals surface area contributed by atoms with Crippen LogP contribution in [0.5, 0.6) is 5.75 Å². The summed E-state index contributed by atoms with van der Waals surface area (Å²) in [7, 11) is 0. The number of hydrogen-bond donors (Lipinski definition) is 0. The minimum absolute atomic E-state index is 0.103. The fraction of sp³-hybridized carbons (Fsp3) is 0.300. The van der Waals surface area contributed by atoms with Gasteiger partial charge in [0.25, 0.3) is 0 Å². The predicted molar refractivity (Wildman–Crippen MR) is 45.7 cm³/mol. The number of fused-ring (bicyclic) bond motifs is 1. The highest BCUT2D eigenvalue weighted by atomic mass is 16.5. The topological polar surface area (TPSA) is 26.3 Å². The van der Waals surface area contributed by atoms with Crippen molar-refractivity contribution in [2.24, 2.45) is 0 Å². The third-order valence-corrected chi connectivity index (χ3v) is 2.34. The van der Waals surface area contributed by atoms with Crippen LogP contribution < -0.4 is 4.74 Å². The molecule has 0 N–H and O–H groups in total. The van der Waals surface area contributed by atoms with Crippen molar-refractivity contribution in [3.8, 4) is 5.75 Å². The largest absolute Gasteiger partial charge is 0.485 e. The zero-order valence-electron chi connectivity index (χ0n) is 7.18. The average molecular weight is 162 g/mol. The summed E-state index contributed by atoms with van der Waals surface area (Å²) in [4.78, 5) is 11.3. The summed E-state index contributed by atoms with van der Waals surface area (Å²) in [6, 6.07) is 3.84. The van der Waals surface area contributed by atoms with E-state index in [-0.39, 0.29) is 12.4 Å². The molecule has 1 aromatic rings. The fourth-order valence-electron chi connectivity index (χ4n) is 1.47. The first-order chi connectivity index (χ1) is 5.70. The number of aryl methyl sites for hydroxylation is 1. The zero-order valence-corrected chi connectivity index (χ0v) is 7.18. The summed E-state index contributed by atoms with van der Waals surface area (Å²) < 4.78 is 5.20. The van der Waals surface area contributed by atoms with Crippen molar-refractivity contribution >= 4 is 5.78 Å². The predicted octanol–water partition coefficient (Wildman–Crippen LogP) is 1.88. The lowest BCUT2D eigenvalue weighted by atomic mass is 10.0. The van der Waals surface area contributed by atoms with Crippen molar-refractivity contribution in [2.75, 3.05) is 6.61 Å². The molecule has 0 unspecified atom stereocenters. The van der Waals surface area contributed by atoms with E-state index in [2.05, 4.69) is 0 Å². The minimum Gasteiger partial charge on any atom is -0.485 e. The van der Waals surface area contributed by atoms with Crippen LogP contribution in [0.2, 0.25) is 0 Å². The van der Waals surface area contributed by atoms with Crippen LogP contribution in [-0.4, -0.2) is 12.4 Å². The van der Waals surface area contributed by atoms with Crippen molar-refractivity contribution in [1.82, 2.24) is 0 Å². The second kappa shape index (κ2) is 2.34. The van der Waals surface area contributed by atoms with E-state index in [0.29, 0.717) is 0 Å². The molecule has 0 radical (unpaired) electrons. The number of benzene rings is 1. The SMILES string of the molecule is Cc1ccc2c(c1C)C(=O)CO2. The van der Waals surface area contributed by atoms with E-state index < -0.39 is 0 Å². The Balaban J connectivity index is 2.71. The van der Waals surface area contributed by atoms with Gasteiger partial charge in [-0.2, -0.15) is 0 Å². The molecule has 1 aliphatic rings. The number of carbonyl (C=O) groups excluding carboxylic acids is 1. The molecule has 0 spiro atoms. The first kappa shape index (κ1) is 7.35. The Morgan fingerprint density at radius 3 is 2.83 bits per heavy atom. The van der Waals surface area contributed by atoms with Gasteiger partial charge < -0.3 is 4.74 Å². The Kier molecular flexibility index (Phi) is 1.43. The van der Waals surface area contributed by atoms with Crippen LogP contribution in [0.1, 0.15) is 21.5 Å². The normalized spacial score (nSPS) is 14.3. The number of ether oxygens (including phenoxy) is 1. The molecule has 1 heterocycles. The molecule has 0 saturated heterocycles. The molecule has 0 atom stereocenters. The van der Waals surface area contributed by atoms with Gasteiger partial charge in [-0.15, -0.1) is 0 Å². The summed E-state index contributed by atoms with van der Waals surface area (Å²) in [6.07, 6.45) is 0. The molecule has 0 saturated carbocycles. The Morgan fingerprint density at radius 1 is 1.33 bits per heavy atom. The Labute approximate surface area is 71.2 Å². The van der Waals surface area contributed by atoms with Gasteiger partial charge in [0.05, 0.1) is 5.56 Å². The molecule has 2 heteroatoms. The van der Waals surface area contributed by atoms with Crippen LogP contribution >= 0.6 is 0 Å². The molecule has 0 bridgehead atoms. The highest BCUT2D eigenvalue weighted by Crippen LogP contribution is 2.29. The zero-order chi connectivity index (χ0) is 8.72. The monoisotopic (exact) mass is 162 g/mol. The molecule has 62 valence electrons. The molecule has 0 amide bonds. The van der Waals surface area contributed by atoms with Crippen LogP contribution in [-0.2, 0) is 0 Å². The molecule has 0 aromatic heterocycles. The van der Waals surface area contributed by atoms with Gasteiger partial charge in [0.15, 0.2) is 6.61 Å². The van der Waals surface area contributed by atoms with E-state index in [4.69, 9.17) is 4.74 Å². The van der Waals surface area contributed by atoms with Crippen molar-refractivity contribution in [2.45, 2.75) is 13.8 Å². The third kappa shape index (κ3) is 0.843. The molecule has 1 aromatic carbocycles. The van der Waals surface area contributed by atoms with E-state index in [1.807, 2.05) is 26.0 Å². The molecule has 2 nitrogen and oxygen atoms in total. The van der Waals surface area contributed by atoms with Gasteiger partial charge in [-0.3, -0.25) is 4.79 Å². The second-order valence-electron chi connectivity index (χ2n) is 3.09. The van der Waals surface area contributed by atoms with Crippen LogP contribution in [0.15, 0.2) is 12.1 Å². The lowest BCUT2D eigenvalue weighted by Crippen LogP contribution is -2.01. The van der Waals surface area contributed by atoms with Gasteiger partial charge in [0, 0.05) is 0 Å². The number of ketones is 1. The van der Waals surface area contributed by atoms with E-state index in [0.717, 1.165) is 22.4 Å². The van der Waals surface area contributed by atoms with Crippen molar-refractivity contribution < 1.29 is 9.53 Å². The lowest BCUT2D eigenvalue weighted by Gasteiger charge is -2.03. The molecule has 0 aliphatic carbocycles. The Hall–Kier alpha value is -1.31. The van der Waals surface area contributed by atoms with Gasteiger partial charge >= 0.3 is 0 Å². The van der Waals surface area contributed by atoms with Gasteiger partial charge in [0.2, 0.25) is 5.78 Å². The van der Waals surface area contributed by atoms with Gasteiger partial charge in [-0.05, 0) is 31.0 Å². The molecule has 12 heavy (non-hydrogen) atoms. The van der Waals surface area contributed by atoms with Gasteiger partial charge in [-0.25, -0.2) is 0 Å². The summed E-state index contributed by atoms with van der Waals surface area (Å²) in [5, 5.41) is 0. The fourth-order valence-corrected chi connectivity index (χ4v) is 1.47. The van der Waals surface area contributed by atoms with E-state index >= 15 is 0 Å². The van der Waals surface area contributed by atoms with Crippen molar-refractivity contribution in [1.29, 1.82) is 0 Å². The number of Topliss-reactive ketones (excluding diaryl/α,β-unsaturated/α-hetero) is 1. The Bertz CT molecular complexity index is 353. The summed E-state index contributed by atoms with van der Waals surface area (Å²) >= 11 is 0. The van der Waals surface area contributed by atoms with Crippen LogP contribution in [0.3, 0.4) is 0 Å². The second-order valence-corrected chi connectivity index (χ2v) is 3.09. The van der Waals surface area contributed by atoms with Crippen molar-refractivity contribution in [3.63, 3.8) is 0 Å². The Morgan fingerprint density at radius 2 is 2.08 bits per heavy atom. The number of hydrogen-bond acceptors (Lipinski definition) is 2. The molecular formula is C10H10O2. The van der Waals surface area contributed by atoms with Crippen LogP contribution in [0.25, 0.3) is 0 Å². The maximum Gasteiger partial charge on any atom is 0.204 e. The van der Waals surface area contributed by atoms with Crippen LogP contribution in [0, 0.1) is 13.8 Å². The van der Waals surface area contributed by atoms with Gasteiger partial charge in [0.1, 0.15) is 5.75 Å². The average Bonchev–Trinajstić information content (AvgIpc) is 2.41. The number of carbonyl (C=O) groups is 1. The first-order valence-corrected chi connectivity index (χ1v) is 3.96. The lowest BCUT2D eigenvalue weighted by molar-refractivity contribution is 0.0960. The number of rotatable bonds is 0. The van der Waals surface area contributed by atoms with E-state index in [9.17, 15) is 4.79 Å². The standard InChI is InChI=1S/C10H10O2/c1-6-3-4-9-10(7(6)2)8(11)5-12-9/h3-4H,5H2,1-2H3. The van der Waals surface area contributed by atoms with Crippen molar-refractivity contribution in [3.05, 3.63) is 28.8 Å². The van der Waals surface area contributed by atoms with Crippen LogP contribution in [0.4, 0.5) is 0 Å². The maximum absolute atomic E-state index is 11.3. The molecular weight excluding hydrogens is 152 g/mol. The third-order valence-electron chi connectivity index (χ3n) is 2.34. The highest BCUT2D eigenvalue weighted by Gasteiger charge is 2.23. The molecule has 0 fully saturated rings. The maximum atomic E-state index is 11.3. The smallest absolute Gasteiger partial charge is 0.204 e. The molecule has 1 aliphatic heterocycles. The summed E-state index contributed by atoms with van der Waals surface area (Å²) in [5.74, 6) is 0.842. The molecule has 2 rings (SSSR count). The quantitative estimate of drug-likeness (QED) is 0.582.